The second-order valence-electron chi connectivity index (χ2n) is 6.25. The Morgan fingerprint density at radius 2 is 2.00 bits per heavy atom. The summed E-state index contributed by atoms with van der Waals surface area (Å²) in [5.41, 5.74) is 0.923. The largest absolute Gasteiger partial charge is 0.459 e. The van der Waals surface area contributed by atoms with Crippen molar-refractivity contribution in [2.45, 2.75) is 32.9 Å². The van der Waals surface area contributed by atoms with Crippen molar-refractivity contribution in [3.05, 3.63) is 48.7 Å². The lowest BCUT2D eigenvalue weighted by molar-refractivity contribution is 0.412. The molecule has 0 amide bonds. The average Bonchev–Trinajstić information content (AvgIpc) is 3.29. The van der Waals surface area contributed by atoms with Crippen molar-refractivity contribution in [3.8, 4) is 0 Å². The molecule has 0 aliphatic heterocycles. The number of fused-ring (bicyclic) bond motifs is 1. The maximum absolute atomic E-state index is 5.91. The Hall–Kier alpha value is -2.10. The van der Waals surface area contributed by atoms with Crippen LogP contribution >= 0.6 is 24.0 Å². The van der Waals surface area contributed by atoms with Crippen LogP contribution in [0.4, 0.5) is 0 Å². The van der Waals surface area contributed by atoms with Gasteiger partial charge in [-0.15, -0.1) is 34.2 Å². The van der Waals surface area contributed by atoms with Crippen LogP contribution in [0.3, 0.4) is 0 Å². The second kappa shape index (κ2) is 10.9. The Kier molecular flexibility index (Phi) is 8.56. The molecule has 0 spiro atoms. The third-order valence-electron chi connectivity index (χ3n) is 4.12. The summed E-state index contributed by atoms with van der Waals surface area (Å²) in [5, 5.41) is 12.1. The molecule has 3 aromatic rings. The van der Waals surface area contributed by atoms with Gasteiger partial charge in [0.25, 0.3) is 0 Å². The minimum atomic E-state index is 0. The highest BCUT2D eigenvalue weighted by atomic mass is 127. The standard InChI is InChI=1S/C19H26N6O.HI/c1-3-20-19(21-10-6-7-11-25-14-22-23-15-25)24(2)13-17-12-16-8-4-5-9-18(16)26-17;/h4-5,8-9,12,14-15H,3,6-7,10-11,13H2,1-2H3,(H,20,21);1H. The Morgan fingerprint density at radius 1 is 1.22 bits per heavy atom. The number of nitrogens with zero attached hydrogens (tertiary/aromatic N) is 5. The smallest absolute Gasteiger partial charge is 0.194 e. The number of furan rings is 1. The van der Waals surface area contributed by atoms with Gasteiger partial charge in [-0.2, -0.15) is 0 Å². The molecule has 2 heterocycles. The first-order chi connectivity index (χ1) is 12.8. The predicted molar refractivity (Wildman–Crippen MR) is 118 cm³/mol. The number of hydrogen-bond acceptors (Lipinski definition) is 4. The molecule has 146 valence electrons. The van der Waals surface area contributed by atoms with Crippen molar-refractivity contribution in [3.63, 3.8) is 0 Å². The van der Waals surface area contributed by atoms with E-state index >= 15 is 0 Å². The molecule has 3 rings (SSSR count). The monoisotopic (exact) mass is 482 g/mol. The Morgan fingerprint density at radius 3 is 2.74 bits per heavy atom. The van der Waals surface area contributed by atoms with Crippen molar-refractivity contribution >= 4 is 40.9 Å². The van der Waals surface area contributed by atoms with Crippen LogP contribution in [0.25, 0.3) is 11.0 Å². The Balaban J connectivity index is 0.00000261. The van der Waals surface area contributed by atoms with Crippen molar-refractivity contribution in [1.82, 2.24) is 25.0 Å². The molecule has 0 aliphatic rings. The summed E-state index contributed by atoms with van der Waals surface area (Å²) in [6.07, 6.45) is 5.56. The maximum atomic E-state index is 5.91. The number of para-hydroxylation sites is 1. The lowest BCUT2D eigenvalue weighted by Crippen LogP contribution is -2.38. The fraction of sp³-hybridized carbons (Fsp3) is 0.421. The number of aromatic nitrogens is 3. The number of rotatable bonds is 8. The quantitative estimate of drug-likeness (QED) is 0.230. The third kappa shape index (κ3) is 6.23. The SMILES string of the molecule is CCNC(=NCCCCn1cnnc1)N(C)Cc1cc2ccccc2o1.I. The number of unbranched alkanes of at least 4 members (excludes halogenated alkanes) is 1. The van der Waals surface area contributed by atoms with E-state index in [1.165, 1.54) is 0 Å². The third-order valence-corrected chi connectivity index (χ3v) is 4.12. The fourth-order valence-corrected chi connectivity index (χ4v) is 2.82. The number of aryl methyl sites for hydroxylation is 1. The van der Waals surface area contributed by atoms with E-state index in [0.717, 1.165) is 55.2 Å². The minimum absolute atomic E-state index is 0. The average molecular weight is 482 g/mol. The molecule has 0 aliphatic carbocycles. The van der Waals surface area contributed by atoms with E-state index in [2.05, 4.69) is 39.5 Å². The zero-order chi connectivity index (χ0) is 18.2. The second-order valence-corrected chi connectivity index (χ2v) is 6.25. The molecular weight excluding hydrogens is 455 g/mol. The highest BCUT2D eigenvalue weighted by Crippen LogP contribution is 2.19. The molecule has 8 heteroatoms. The van der Waals surface area contributed by atoms with Crippen molar-refractivity contribution in [2.24, 2.45) is 4.99 Å². The van der Waals surface area contributed by atoms with Crippen LogP contribution < -0.4 is 5.32 Å². The number of hydrogen-bond donors (Lipinski definition) is 1. The van der Waals surface area contributed by atoms with Gasteiger partial charge in [0.05, 0.1) is 6.54 Å². The van der Waals surface area contributed by atoms with Crippen LogP contribution in [0, 0.1) is 0 Å². The molecule has 0 radical (unpaired) electrons. The minimum Gasteiger partial charge on any atom is -0.459 e. The van der Waals surface area contributed by atoms with Gasteiger partial charge in [-0.3, -0.25) is 4.99 Å². The van der Waals surface area contributed by atoms with Gasteiger partial charge in [-0.25, -0.2) is 0 Å². The Labute approximate surface area is 176 Å². The first kappa shape index (κ1) is 21.2. The normalized spacial score (nSPS) is 11.4. The molecule has 27 heavy (non-hydrogen) atoms. The topological polar surface area (TPSA) is 71.5 Å². The summed E-state index contributed by atoms with van der Waals surface area (Å²) < 4.78 is 7.90. The van der Waals surface area contributed by atoms with E-state index < -0.39 is 0 Å². The Bertz CT molecular complexity index is 797. The molecule has 0 fully saturated rings. The molecule has 1 aromatic carbocycles. The molecule has 0 saturated carbocycles. The molecule has 2 aromatic heterocycles. The van der Waals surface area contributed by atoms with Crippen LogP contribution in [-0.4, -0.2) is 45.8 Å². The molecule has 7 nitrogen and oxygen atoms in total. The van der Waals surface area contributed by atoms with Crippen LogP contribution in [0.2, 0.25) is 0 Å². The van der Waals surface area contributed by atoms with E-state index in [9.17, 15) is 0 Å². The number of halogens is 1. The molecule has 0 bridgehead atoms. The highest BCUT2D eigenvalue weighted by molar-refractivity contribution is 14.0. The van der Waals surface area contributed by atoms with Crippen molar-refractivity contribution < 1.29 is 4.42 Å². The van der Waals surface area contributed by atoms with Crippen LogP contribution in [0.5, 0.6) is 0 Å². The molecule has 0 atom stereocenters. The maximum Gasteiger partial charge on any atom is 0.194 e. The number of aliphatic imine (C=N–C) groups is 1. The number of benzene rings is 1. The summed E-state index contributed by atoms with van der Waals surface area (Å²) in [6.45, 7) is 5.31. The van der Waals surface area contributed by atoms with Gasteiger partial charge in [0.2, 0.25) is 0 Å². The van der Waals surface area contributed by atoms with E-state index in [1.807, 2.05) is 29.8 Å². The van der Waals surface area contributed by atoms with Gasteiger partial charge in [0.1, 0.15) is 24.0 Å². The highest BCUT2D eigenvalue weighted by Gasteiger charge is 2.10. The van der Waals surface area contributed by atoms with Gasteiger partial charge in [0.15, 0.2) is 5.96 Å². The van der Waals surface area contributed by atoms with Crippen LogP contribution in [0.15, 0.2) is 52.4 Å². The van der Waals surface area contributed by atoms with E-state index in [1.54, 1.807) is 12.7 Å². The van der Waals surface area contributed by atoms with Gasteiger partial charge in [-0.1, -0.05) is 18.2 Å². The van der Waals surface area contributed by atoms with E-state index in [0.29, 0.717) is 6.54 Å². The van der Waals surface area contributed by atoms with Gasteiger partial charge in [-0.05, 0) is 31.9 Å². The number of guanidine groups is 1. The van der Waals surface area contributed by atoms with Gasteiger partial charge in [0, 0.05) is 32.1 Å². The zero-order valence-electron chi connectivity index (χ0n) is 15.8. The summed E-state index contributed by atoms with van der Waals surface area (Å²) in [4.78, 5) is 6.83. The van der Waals surface area contributed by atoms with Gasteiger partial charge >= 0.3 is 0 Å². The molecule has 1 N–H and O–H groups in total. The molecule has 0 saturated heterocycles. The fourth-order valence-electron chi connectivity index (χ4n) is 2.82. The van der Waals surface area contributed by atoms with E-state index in [-0.39, 0.29) is 24.0 Å². The summed E-state index contributed by atoms with van der Waals surface area (Å²) in [6, 6.07) is 10.2. The number of nitrogens with one attached hydrogen (secondary N) is 1. The van der Waals surface area contributed by atoms with Crippen molar-refractivity contribution in [2.75, 3.05) is 20.1 Å². The summed E-state index contributed by atoms with van der Waals surface area (Å²) in [7, 11) is 2.03. The van der Waals surface area contributed by atoms with Crippen molar-refractivity contribution in [1.29, 1.82) is 0 Å². The summed E-state index contributed by atoms with van der Waals surface area (Å²) in [5.74, 6) is 1.84. The predicted octanol–water partition coefficient (Wildman–Crippen LogP) is 3.52. The van der Waals surface area contributed by atoms with Gasteiger partial charge < -0.3 is 19.2 Å². The molecular formula is C19H27IN6O. The molecule has 0 unspecified atom stereocenters. The lowest BCUT2D eigenvalue weighted by Gasteiger charge is -2.21. The first-order valence-corrected chi connectivity index (χ1v) is 9.05. The zero-order valence-corrected chi connectivity index (χ0v) is 18.2. The first-order valence-electron chi connectivity index (χ1n) is 9.05. The lowest BCUT2D eigenvalue weighted by atomic mass is 10.2. The van der Waals surface area contributed by atoms with Crippen LogP contribution in [-0.2, 0) is 13.1 Å². The summed E-state index contributed by atoms with van der Waals surface area (Å²) >= 11 is 0. The van der Waals surface area contributed by atoms with Crippen LogP contribution in [0.1, 0.15) is 25.5 Å². The van der Waals surface area contributed by atoms with E-state index in [4.69, 9.17) is 9.41 Å².